The number of hydrogen-bond acceptors (Lipinski definition) is 8. The second kappa shape index (κ2) is 8.46. The Bertz CT molecular complexity index is 1010. The molecule has 4 rings (SSSR count). The average molecular weight is 441 g/mol. The molecule has 1 unspecified atom stereocenters. The van der Waals surface area contributed by atoms with E-state index >= 15 is 0 Å². The number of fused-ring (bicyclic) bond motifs is 1. The molecule has 1 saturated carbocycles. The average Bonchev–Trinajstić information content (AvgIpc) is 2.81. The van der Waals surface area contributed by atoms with Gasteiger partial charge in [0.25, 0.3) is 5.91 Å². The van der Waals surface area contributed by atoms with Crippen LogP contribution in [0, 0.1) is 5.41 Å². The van der Waals surface area contributed by atoms with Crippen LogP contribution in [0.1, 0.15) is 43.5 Å². The molecule has 0 saturated heterocycles. The first-order valence-corrected chi connectivity index (χ1v) is 11.0. The Balaban J connectivity index is 1.70. The molecular weight excluding hydrogens is 408 g/mol. The van der Waals surface area contributed by atoms with E-state index in [0.29, 0.717) is 35.5 Å². The third-order valence-corrected chi connectivity index (χ3v) is 6.50. The monoisotopic (exact) mass is 440 g/mol. The summed E-state index contributed by atoms with van der Waals surface area (Å²) in [6, 6.07) is 5.59. The van der Waals surface area contributed by atoms with Gasteiger partial charge in [-0.1, -0.05) is 13.8 Å². The van der Waals surface area contributed by atoms with Crippen LogP contribution in [0.3, 0.4) is 0 Å². The molecule has 2 aliphatic rings. The highest BCUT2D eigenvalue weighted by Gasteiger charge is 2.42. The number of amides is 1. The van der Waals surface area contributed by atoms with Crippen LogP contribution in [-0.2, 0) is 0 Å². The van der Waals surface area contributed by atoms with Crippen molar-refractivity contribution in [3.8, 4) is 5.75 Å². The maximum absolute atomic E-state index is 11.9. The van der Waals surface area contributed by atoms with E-state index in [0.717, 1.165) is 24.3 Å². The highest BCUT2D eigenvalue weighted by molar-refractivity contribution is 5.95. The lowest BCUT2D eigenvalue weighted by Gasteiger charge is -2.42. The number of hydrogen-bond donors (Lipinski definition) is 3. The lowest BCUT2D eigenvalue weighted by atomic mass is 9.86. The van der Waals surface area contributed by atoms with E-state index in [1.807, 2.05) is 11.9 Å². The van der Waals surface area contributed by atoms with Crippen molar-refractivity contribution in [2.45, 2.75) is 45.4 Å². The van der Waals surface area contributed by atoms with Crippen molar-refractivity contribution in [3.63, 3.8) is 0 Å². The zero-order valence-corrected chi connectivity index (χ0v) is 19.3. The number of carbonyl (C=O) groups is 1. The van der Waals surface area contributed by atoms with Crippen LogP contribution in [0.2, 0.25) is 0 Å². The molecule has 32 heavy (non-hydrogen) atoms. The summed E-state index contributed by atoms with van der Waals surface area (Å²) in [5.74, 6) is 1.59. The summed E-state index contributed by atoms with van der Waals surface area (Å²) in [4.78, 5) is 25.5. The maximum atomic E-state index is 11.9. The second-order valence-corrected chi connectivity index (χ2v) is 9.21. The number of anilines is 4. The number of nitrogens with one attached hydrogen (secondary N) is 2. The normalized spacial score (nSPS) is 20.1. The molecule has 9 heteroatoms. The maximum Gasteiger partial charge on any atom is 0.251 e. The van der Waals surface area contributed by atoms with Gasteiger partial charge in [-0.2, -0.15) is 4.98 Å². The molecule has 1 aliphatic carbocycles. The quantitative estimate of drug-likeness (QED) is 0.652. The number of nitrogens with zero attached hydrogens (tertiary/aromatic N) is 4. The van der Waals surface area contributed by atoms with Crippen LogP contribution >= 0.6 is 0 Å². The molecule has 1 aromatic carbocycles. The predicted molar refractivity (Wildman–Crippen MR) is 125 cm³/mol. The molecule has 3 N–H and O–H groups in total. The van der Waals surface area contributed by atoms with Crippen LogP contribution in [0.5, 0.6) is 5.75 Å². The Hall–Kier alpha value is -3.07. The molecule has 2 heterocycles. The van der Waals surface area contributed by atoms with Gasteiger partial charge in [-0.25, -0.2) is 4.98 Å². The number of benzene rings is 1. The number of aliphatic hydroxyl groups is 1. The molecule has 9 nitrogen and oxygen atoms in total. The molecular formula is C23H32N6O3. The fourth-order valence-corrected chi connectivity index (χ4v) is 4.34. The molecule has 1 atom stereocenters. The Morgan fingerprint density at radius 3 is 2.69 bits per heavy atom. The fourth-order valence-electron chi connectivity index (χ4n) is 4.34. The number of rotatable bonds is 5. The minimum absolute atomic E-state index is 0.184. The summed E-state index contributed by atoms with van der Waals surface area (Å²) >= 11 is 0. The van der Waals surface area contributed by atoms with Gasteiger partial charge in [0.15, 0.2) is 5.82 Å². The number of aliphatic hydroxyl groups excluding tert-OH is 1. The summed E-state index contributed by atoms with van der Waals surface area (Å²) in [6.45, 7) is 4.87. The zero-order valence-electron chi connectivity index (χ0n) is 19.3. The third kappa shape index (κ3) is 3.92. The van der Waals surface area contributed by atoms with Crippen molar-refractivity contribution in [2.75, 3.05) is 42.9 Å². The van der Waals surface area contributed by atoms with Gasteiger partial charge in [0.2, 0.25) is 5.95 Å². The first-order chi connectivity index (χ1) is 15.2. The molecule has 1 aromatic heterocycles. The Kier molecular flexibility index (Phi) is 5.85. The van der Waals surface area contributed by atoms with E-state index in [1.54, 1.807) is 38.6 Å². The van der Waals surface area contributed by atoms with Crippen molar-refractivity contribution in [1.29, 1.82) is 0 Å². The van der Waals surface area contributed by atoms with Crippen molar-refractivity contribution in [1.82, 2.24) is 15.3 Å². The van der Waals surface area contributed by atoms with Crippen LogP contribution in [0.4, 0.5) is 23.1 Å². The second-order valence-electron chi connectivity index (χ2n) is 9.21. The SMILES string of the molecule is CNC(=O)c1ccc(Nc2ncc3c(n2)N(C2CCC2)CC(C)(C)C(O)N3C)c(OC)c1. The predicted octanol–water partition coefficient (Wildman–Crippen LogP) is 2.74. The first kappa shape index (κ1) is 22.1. The van der Waals surface area contributed by atoms with E-state index < -0.39 is 6.23 Å². The highest BCUT2D eigenvalue weighted by Crippen LogP contribution is 2.42. The van der Waals surface area contributed by atoms with E-state index in [9.17, 15) is 9.90 Å². The van der Waals surface area contributed by atoms with Crippen molar-refractivity contribution < 1.29 is 14.6 Å². The van der Waals surface area contributed by atoms with E-state index in [1.165, 1.54) is 6.42 Å². The number of methoxy groups -OCH3 is 1. The smallest absolute Gasteiger partial charge is 0.251 e. The van der Waals surface area contributed by atoms with Crippen LogP contribution in [0.15, 0.2) is 24.4 Å². The van der Waals surface area contributed by atoms with Gasteiger partial charge in [0.1, 0.15) is 17.7 Å². The molecule has 0 radical (unpaired) electrons. The Labute approximate surface area is 188 Å². The number of ether oxygens (including phenoxy) is 1. The van der Waals surface area contributed by atoms with Gasteiger partial charge in [-0.15, -0.1) is 0 Å². The summed E-state index contributed by atoms with van der Waals surface area (Å²) in [5.41, 5.74) is 1.64. The van der Waals surface area contributed by atoms with E-state index in [4.69, 9.17) is 9.72 Å². The van der Waals surface area contributed by atoms with Gasteiger partial charge in [0, 0.05) is 37.7 Å². The minimum atomic E-state index is -0.647. The van der Waals surface area contributed by atoms with Crippen molar-refractivity contribution in [3.05, 3.63) is 30.0 Å². The largest absolute Gasteiger partial charge is 0.495 e. The molecule has 1 fully saturated rings. The van der Waals surface area contributed by atoms with Gasteiger partial charge < -0.3 is 30.3 Å². The molecule has 1 amide bonds. The third-order valence-electron chi connectivity index (χ3n) is 6.50. The fraction of sp³-hybridized carbons (Fsp3) is 0.522. The lowest BCUT2D eigenvalue weighted by Crippen LogP contribution is -2.49. The van der Waals surface area contributed by atoms with Gasteiger partial charge in [-0.05, 0) is 37.5 Å². The summed E-state index contributed by atoms with van der Waals surface area (Å²) < 4.78 is 5.48. The molecule has 0 bridgehead atoms. The topological polar surface area (TPSA) is 103 Å². The summed E-state index contributed by atoms with van der Waals surface area (Å²) in [5, 5.41) is 16.8. The van der Waals surface area contributed by atoms with Crippen molar-refractivity contribution >= 4 is 29.0 Å². The number of carbonyl (C=O) groups excluding carboxylic acids is 1. The van der Waals surface area contributed by atoms with Gasteiger partial charge >= 0.3 is 0 Å². The van der Waals surface area contributed by atoms with Gasteiger partial charge in [0.05, 0.1) is 19.0 Å². The molecule has 0 spiro atoms. The highest BCUT2D eigenvalue weighted by atomic mass is 16.5. The standard InChI is InChI=1S/C23H32N6O3/c1-23(2)13-29(15-7-6-8-15)19-17(28(4)21(23)31)12-25-22(27-19)26-16-10-9-14(20(30)24-3)11-18(16)32-5/h9-12,15,21,31H,6-8,13H2,1-5H3,(H,24,30)(H,25,26,27). The van der Waals surface area contributed by atoms with Crippen molar-refractivity contribution in [2.24, 2.45) is 5.41 Å². The van der Waals surface area contributed by atoms with Gasteiger partial charge in [-0.3, -0.25) is 4.79 Å². The Morgan fingerprint density at radius 1 is 1.31 bits per heavy atom. The zero-order chi connectivity index (χ0) is 23.0. The summed E-state index contributed by atoms with van der Waals surface area (Å²) in [6.07, 6.45) is 4.56. The molecule has 172 valence electrons. The van der Waals surface area contributed by atoms with E-state index in [-0.39, 0.29) is 11.3 Å². The lowest BCUT2D eigenvalue weighted by molar-refractivity contribution is 0.0562. The van der Waals surface area contributed by atoms with Crippen LogP contribution < -0.4 is 25.2 Å². The van der Waals surface area contributed by atoms with Crippen LogP contribution in [-0.4, -0.2) is 61.0 Å². The number of aromatic nitrogens is 2. The molecule has 2 aromatic rings. The summed E-state index contributed by atoms with van der Waals surface area (Å²) in [7, 11) is 5.03. The molecule has 1 aliphatic heterocycles. The Morgan fingerprint density at radius 2 is 2.06 bits per heavy atom. The first-order valence-electron chi connectivity index (χ1n) is 11.0. The van der Waals surface area contributed by atoms with E-state index in [2.05, 4.69) is 34.4 Å². The van der Waals surface area contributed by atoms with Crippen LogP contribution in [0.25, 0.3) is 0 Å². The minimum Gasteiger partial charge on any atom is -0.495 e.